The lowest BCUT2D eigenvalue weighted by atomic mass is 9.98. The van der Waals surface area contributed by atoms with E-state index in [1.54, 1.807) is 12.4 Å². The SMILES string of the molecule is Cc1cn2ccnc2cc1-c1cc(N)c2cnc(NC(=O)[C@@H]3C[C@H]3C)cc2c1. The van der Waals surface area contributed by atoms with Crippen LogP contribution in [0, 0.1) is 18.8 Å². The molecule has 0 spiro atoms. The molecule has 5 rings (SSSR count). The van der Waals surface area contributed by atoms with Gasteiger partial charge in [-0.15, -0.1) is 0 Å². The Bertz CT molecular complexity index is 1240. The van der Waals surface area contributed by atoms with Crippen molar-refractivity contribution >= 4 is 33.8 Å². The Morgan fingerprint density at radius 2 is 2.07 bits per heavy atom. The third-order valence-electron chi connectivity index (χ3n) is 5.61. The summed E-state index contributed by atoms with van der Waals surface area (Å²) in [5.74, 6) is 1.18. The Balaban J connectivity index is 1.57. The molecule has 2 atom stereocenters. The lowest BCUT2D eigenvalue weighted by Gasteiger charge is -2.12. The molecule has 4 aromatic rings. The minimum atomic E-state index is 0.0454. The number of amides is 1. The highest BCUT2D eigenvalue weighted by Gasteiger charge is 2.39. The fraction of sp³-hybridized carbons (Fsp3) is 0.227. The number of carbonyl (C=O) groups is 1. The van der Waals surface area contributed by atoms with Crippen LogP contribution >= 0.6 is 0 Å². The average molecular weight is 371 g/mol. The van der Waals surface area contributed by atoms with Crippen LogP contribution in [0.25, 0.3) is 27.5 Å². The van der Waals surface area contributed by atoms with Crippen LogP contribution < -0.4 is 11.1 Å². The van der Waals surface area contributed by atoms with Gasteiger partial charge in [-0.2, -0.15) is 0 Å². The number of nitrogen functional groups attached to an aromatic ring is 1. The molecule has 3 heterocycles. The highest BCUT2D eigenvalue weighted by molar-refractivity contribution is 6.00. The lowest BCUT2D eigenvalue weighted by molar-refractivity contribution is -0.117. The summed E-state index contributed by atoms with van der Waals surface area (Å²) >= 11 is 0. The zero-order chi connectivity index (χ0) is 19.4. The topological polar surface area (TPSA) is 85.3 Å². The molecule has 1 saturated carbocycles. The highest BCUT2D eigenvalue weighted by Crippen LogP contribution is 2.38. The first-order valence-electron chi connectivity index (χ1n) is 9.43. The van der Waals surface area contributed by atoms with Gasteiger partial charge in [0.25, 0.3) is 0 Å². The van der Waals surface area contributed by atoms with Crippen molar-refractivity contribution in [1.82, 2.24) is 14.4 Å². The first kappa shape index (κ1) is 16.7. The Morgan fingerprint density at radius 3 is 2.86 bits per heavy atom. The van der Waals surface area contributed by atoms with Gasteiger partial charge in [-0.3, -0.25) is 4.79 Å². The summed E-state index contributed by atoms with van der Waals surface area (Å²) in [7, 11) is 0. The van der Waals surface area contributed by atoms with E-state index in [2.05, 4.69) is 47.5 Å². The summed E-state index contributed by atoms with van der Waals surface area (Å²) in [6.45, 7) is 4.16. The van der Waals surface area contributed by atoms with Crippen molar-refractivity contribution in [1.29, 1.82) is 0 Å². The Hall–Kier alpha value is -3.41. The van der Waals surface area contributed by atoms with Gasteiger partial charge in [-0.25, -0.2) is 9.97 Å². The summed E-state index contributed by atoms with van der Waals surface area (Å²) in [5, 5.41) is 4.76. The van der Waals surface area contributed by atoms with Crippen LogP contribution in [0.2, 0.25) is 0 Å². The Morgan fingerprint density at radius 1 is 1.25 bits per heavy atom. The second-order valence-electron chi connectivity index (χ2n) is 7.73. The smallest absolute Gasteiger partial charge is 0.228 e. The van der Waals surface area contributed by atoms with E-state index in [1.165, 1.54) is 0 Å². The Labute approximate surface area is 162 Å². The summed E-state index contributed by atoms with van der Waals surface area (Å²) in [4.78, 5) is 21.0. The number of nitrogens with one attached hydrogen (secondary N) is 1. The summed E-state index contributed by atoms with van der Waals surface area (Å²) in [6, 6.07) is 8.01. The standard InChI is InChI=1S/C22H21N5O/c1-12-5-17(12)22(28)26-20-8-15-6-14(7-19(23)18(15)10-25-20)16-9-21-24-3-4-27(21)11-13(16)2/h3-4,6-12,17H,5,23H2,1-2H3,(H,25,26,28)/t12-,17-/m1/s1. The number of pyridine rings is 2. The van der Waals surface area contributed by atoms with Gasteiger partial charge in [0.05, 0.1) is 0 Å². The maximum absolute atomic E-state index is 12.2. The van der Waals surface area contributed by atoms with E-state index in [-0.39, 0.29) is 11.8 Å². The molecule has 0 bridgehead atoms. The average Bonchev–Trinajstić information content (AvgIpc) is 3.22. The van der Waals surface area contributed by atoms with Gasteiger partial charge in [0.1, 0.15) is 11.5 Å². The minimum absolute atomic E-state index is 0.0454. The number of fused-ring (bicyclic) bond motifs is 2. The molecular weight excluding hydrogens is 350 g/mol. The summed E-state index contributed by atoms with van der Waals surface area (Å²) < 4.78 is 2.00. The van der Waals surface area contributed by atoms with Crippen molar-refractivity contribution < 1.29 is 4.79 Å². The molecule has 1 fully saturated rings. The molecule has 6 nitrogen and oxygen atoms in total. The lowest BCUT2D eigenvalue weighted by Crippen LogP contribution is -2.15. The van der Waals surface area contributed by atoms with E-state index in [1.807, 2.05) is 22.7 Å². The van der Waals surface area contributed by atoms with E-state index in [4.69, 9.17) is 5.73 Å². The minimum Gasteiger partial charge on any atom is -0.398 e. The normalized spacial score (nSPS) is 18.5. The zero-order valence-electron chi connectivity index (χ0n) is 15.8. The van der Waals surface area contributed by atoms with Gasteiger partial charge in [0.2, 0.25) is 5.91 Å². The van der Waals surface area contributed by atoms with Gasteiger partial charge in [0.15, 0.2) is 0 Å². The molecule has 28 heavy (non-hydrogen) atoms. The van der Waals surface area contributed by atoms with Crippen molar-refractivity contribution in [3.05, 3.63) is 54.6 Å². The number of aryl methyl sites for hydroxylation is 1. The first-order valence-corrected chi connectivity index (χ1v) is 9.43. The van der Waals surface area contributed by atoms with Gasteiger partial charge in [-0.1, -0.05) is 6.92 Å². The molecule has 0 aliphatic heterocycles. The largest absolute Gasteiger partial charge is 0.398 e. The van der Waals surface area contributed by atoms with Crippen LogP contribution in [0.4, 0.5) is 11.5 Å². The molecule has 1 aliphatic rings. The van der Waals surface area contributed by atoms with Gasteiger partial charge in [0, 0.05) is 41.8 Å². The fourth-order valence-corrected chi connectivity index (χ4v) is 3.79. The third-order valence-corrected chi connectivity index (χ3v) is 5.61. The molecule has 1 aromatic carbocycles. The van der Waals surface area contributed by atoms with Crippen molar-refractivity contribution in [2.24, 2.45) is 11.8 Å². The van der Waals surface area contributed by atoms with E-state index in [0.717, 1.165) is 39.5 Å². The molecule has 0 saturated heterocycles. The fourth-order valence-electron chi connectivity index (χ4n) is 3.79. The maximum atomic E-state index is 12.2. The first-order chi connectivity index (χ1) is 13.5. The Kier molecular flexibility index (Phi) is 3.62. The van der Waals surface area contributed by atoms with E-state index in [0.29, 0.717) is 17.4 Å². The molecular formula is C22H21N5O. The van der Waals surface area contributed by atoms with Crippen LogP contribution in [-0.2, 0) is 4.79 Å². The van der Waals surface area contributed by atoms with Crippen LogP contribution in [0.3, 0.4) is 0 Å². The number of carbonyl (C=O) groups excluding carboxylic acids is 1. The van der Waals surface area contributed by atoms with Crippen molar-refractivity contribution in [3.8, 4) is 11.1 Å². The molecule has 140 valence electrons. The van der Waals surface area contributed by atoms with Crippen LogP contribution in [0.15, 0.2) is 49.1 Å². The van der Waals surface area contributed by atoms with Gasteiger partial charge >= 0.3 is 0 Å². The number of nitrogens with two attached hydrogens (primary N) is 1. The van der Waals surface area contributed by atoms with Crippen LogP contribution in [-0.4, -0.2) is 20.3 Å². The predicted octanol–water partition coefficient (Wildman–Crippen LogP) is 4.03. The van der Waals surface area contributed by atoms with E-state index in [9.17, 15) is 4.79 Å². The zero-order valence-corrected chi connectivity index (χ0v) is 15.8. The highest BCUT2D eigenvalue weighted by atomic mass is 16.2. The van der Waals surface area contributed by atoms with E-state index < -0.39 is 0 Å². The van der Waals surface area contributed by atoms with E-state index >= 15 is 0 Å². The van der Waals surface area contributed by atoms with Crippen molar-refractivity contribution in [2.75, 3.05) is 11.1 Å². The summed E-state index contributed by atoms with van der Waals surface area (Å²) in [6.07, 6.45) is 8.46. The number of rotatable bonds is 3. The third kappa shape index (κ3) is 2.78. The number of imidazole rings is 1. The number of nitrogens with zero attached hydrogens (tertiary/aromatic N) is 3. The predicted molar refractivity (Wildman–Crippen MR) is 111 cm³/mol. The maximum Gasteiger partial charge on any atom is 0.228 e. The quantitative estimate of drug-likeness (QED) is 0.532. The number of benzene rings is 1. The molecule has 3 N–H and O–H groups in total. The molecule has 3 aromatic heterocycles. The molecule has 0 radical (unpaired) electrons. The molecule has 0 unspecified atom stereocenters. The number of hydrogen-bond donors (Lipinski definition) is 2. The van der Waals surface area contributed by atoms with Crippen molar-refractivity contribution in [3.63, 3.8) is 0 Å². The second kappa shape index (κ2) is 6.05. The summed E-state index contributed by atoms with van der Waals surface area (Å²) in [5.41, 5.74) is 11.1. The van der Waals surface area contributed by atoms with Gasteiger partial charge < -0.3 is 15.5 Å². The molecule has 6 heteroatoms. The number of aromatic nitrogens is 3. The number of anilines is 2. The van der Waals surface area contributed by atoms with Crippen LogP contribution in [0.5, 0.6) is 0 Å². The van der Waals surface area contributed by atoms with Crippen molar-refractivity contribution in [2.45, 2.75) is 20.3 Å². The molecule has 1 aliphatic carbocycles. The second-order valence-corrected chi connectivity index (χ2v) is 7.73. The van der Waals surface area contributed by atoms with Crippen LogP contribution in [0.1, 0.15) is 18.9 Å². The number of hydrogen-bond acceptors (Lipinski definition) is 4. The molecule has 1 amide bonds. The van der Waals surface area contributed by atoms with Gasteiger partial charge in [-0.05, 0) is 65.6 Å². The monoisotopic (exact) mass is 371 g/mol.